The summed E-state index contributed by atoms with van der Waals surface area (Å²) in [4.78, 5) is 13.2. The van der Waals surface area contributed by atoms with Gasteiger partial charge in [-0.2, -0.15) is 4.31 Å². The number of sulfonamides is 1. The van der Waals surface area contributed by atoms with Gasteiger partial charge in [0.25, 0.3) is 0 Å². The molecule has 0 aromatic heterocycles. The van der Waals surface area contributed by atoms with E-state index in [1.165, 1.54) is 11.4 Å². The molecule has 0 bridgehead atoms. The summed E-state index contributed by atoms with van der Waals surface area (Å²) in [6.07, 6.45) is 1.27. The Morgan fingerprint density at radius 2 is 1.87 bits per heavy atom. The minimum absolute atomic E-state index is 0.144. The molecule has 1 unspecified atom stereocenters. The number of carbonyl (C=O) groups excluding carboxylic acids is 1. The zero-order valence-electron chi connectivity index (χ0n) is 17.7. The van der Waals surface area contributed by atoms with Gasteiger partial charge in [-0.05, 0) is 48.9 Å². The molecule has 1 fully saturated rings. The van der Waals surface area contributed by atoms with Crippen LogP contribution in [0.1, 0.15) is 18.4 Å². The Balaban J connectivity index is 1.56. The predicted octanol–water partition coefficient (Wildman–Crippen LogP) is 4.20. The van der Waals surface area contributed by atoms with Crippen molar-refractivity contribution in [1.82, 2.24) is 4.31 Å². The molecule has 3 aromatic carbocycles. The van der Waals surface area contributed by atoms with E-state index in [1.807, 2.05) is 55.5 Å². The average molecular weight is 439 g/mol. The Morgan fingerprint density at radius 3 is 2.68 bits per heavy atom. The SMILES string of the molecule is COc1ccc(C)cc1S(=O)(=O)N1CCCC(C(=O)Nc2cccc3ccccc23)C1. The van der Waals surface area contributed by atoms with Crippen LogP contribution in [0.2, 0.25) is 0 Å². The summed E-state index contributed by atoms with van der Waals surface area (Å²) < 4.78 is 33.4. The lowest BCUT2D eigenvalue weighted by molar-refractivity contribution is -0.120. The lowest BCUT2D eigenvalue weighted by Gasteiger charge is -2.31. The van der Waals surface area contributed by atoms with Gasteiger partial charge in [0.1, 0.15) is 10.6 Å². The zero-order valence-corrected chi connectivity index (χ0v) is 18.5. The molecule has 1 atom stereocenters. The molecule has 1 saturated heterocycles. The molecular weight excluding hydrogens is 412 g/mol. The van der Waals surface area contributed by atoms with Gasteiger partial charge in [0, 0.05) is 24.2 Å². The highest BCUT2D eigenvalue weighted by Gasteiger charge is 2.35. The molecule has 1 aliphatic heterocycles. The number of carbonyl (C=O) groups is 1. The number of piperidine rings is 1. The van der Waals surface area contributed by atoms with Crippen molar-refractivity contribution in [3.63, 3.8) is 0 Å². The first-order valence-electron chi connectivity index (χ1n) is 10.3. The third kappa shape index (κ3) is 4.29. The number of nitrogens with zero attached hydrogens (tertiary/aromatic N) is 1. The summed E-state index contributed by atoms with van der Waals surface area (Å²) in [6, 6.07) is 18.7. The highest BCUT2D eigenvalue weighted by molar-refractivity contribution is 7.89. The summed E-state index contributed by atoms with van der Waals surface area (Å²) in [5, 5.41) is 5.02. The molecule has 162 valence electrons. The normalized spacial score (nSPS) is 17.4. The van der Waals surface area contributed by atoms with Gasteiger partial charge in [-0.3, -0.25) is 4.79 Å². The van der Waals surface area contributed by atoms with E-state index in [1.54, 1.807) is 12.1 Å². The van der Waals surface area contributed by atoms with Crippen LogP contribution in [0.3, 0.4) is 0 Å². The molecule has 0 saturated carbocycles. The predicted molar refractivity (Wildman–Crippen MR) is 122 cm³/mol. The molecule has 1 amide bonds. The van der Waals surface area contributed by atoms with E-state index in [0.29, 0.717) is 25.1 Å². The summed E-state index contributed by atoms with van der Waals surface area (Å²) >= 11 is 0. The average Bonchev–Trinajstić information content (AvgIpc) is 2.79. The fourth-order valence-corrected chi connectivity index (χ4v) is 5.83. The maximum Gasteiger partial charge on any atom is 0.246 e. The molecule has 0 spiro atoms. The molecule has 6 nitrogen and oxygen atoms in total. The van der Waals surface area contributed by atoms with Crippen molar-refractivity contribution < 1.29 is 17.9 Å². The van der Waals surface area contributed by atoms with Gasteiger partial charge in [0.15, 0.2) is 0 Å². The molecule has 3 aromatic rings. The first-order valence-corrected chi connectivity index (χ1v) is 11.8. The fraction of sp³-hybridized carbons (Fsp3) is 0.292. The first-order chi connectivity index (χ1) is 14.9. The van der Waals surface area contributed by atoms with Crippen molar-refractivity contribution >= 4 is 32.4 Å². The van der Waals surface area contributed by atoms with Crippen molar-refractivity contribution in [3.8, 4) is 5.75 Å². The lowest BCUT2D eigenvalue weighted by Crippen LogP contribution is -2.43. The van der Waals surface area contributed by atoms with Gasteiger partial charge in [0.05, 0.1) is 13.0 Å². The highest BCUT2D eigenvalue weighted by Crippen LogP contribution is 2.31. The molecule has 7 heteroatoms. The molecule has 1 aliphatic rings. The second-order valence-electron chi connectivity index (χ2n) is 7.87. The number of hydrogen-bond donors (Lipinski definition) is 1. The number of rotatable bonds is 5. The van der Waals surface area contributed by atoms with Crippen LogP contribution in [-0.4, -0.2) is 38.8 Å². The van der Waals surface area contributed by atoms with Gasteiger partial charge in [-0.15, -0.1) is 0 Å². The number of amides is 1. The molecule has 0 aliphatic carbocycles. The number of hydrogen-bond acceptors (Lipinski definition) is 4. The van der Waals surface area contributed by atoms with Crippen LogP contribution in [0.25, 0.3) is 10.8 Å². The van der Waals surface area contributed by atoms with Crippen molar-refractivity contribution in [2.75, 3.05) is 25.5 Å². The number of fused-ring (bicyclic) bond motifs is 1. The molecule has 4 rings (SSSR count). The number of nitrogens with one attached hydrogen (secondary N) is 1. The third-order valence-electron chi connectivity index (χ3n) is 5.74. The quantitative estimate of drug-likeness (QED) is 0.648. The van der Waals surface area contributed by atoms with Crippen LogP contribution >= 0.6 is 0 Å². The Morgan fingerprint density at radius 1 is 1.10 bits per heavy atom. The number of anilines is 1. The van der Waals surface area contributed by atoms with Gasteiger partial charge in [-0.1, -0.05) is 42.5 Å². The summed E-state index contributed by atoms with van der Waals surface area (Å²) in [5.41, 5.74) is 1.57. The van der Waals surface area contributed by atoms with Gasteiger partial charge in [-0.25, -0.2) is 8.42 Å². The van der Waals surface area contributed by atoms with Crippen LogP contribution in [0.15, 0.2) is 65.6 Å². The van der Waals surface area contributed by atoms with Crippen LogP contribution < -0.4 is 10.1 Å². The van der Waals surface area contributed by atoms with Gasteiger partial charge >= 0.3 is 0 Å². The van der Waals surface area contributed by atoms with Crippen LogP contribution in [0.5, 0.6) is 5.75 Å². The maximum absolute atomic E-state index is 13.3. The molecular formula is C24H26N2O4S. The van der Waals surface area contributed by atoms with Gasteiger partial charge in [0.2, 0.25) is 15.9 Å². The first kappa shape index (κ1) is 21.3. The van der Waals surface area contributed by atoms with E-state index in [-0.39, 0.29) is 17.3 Å². The standard InChI is InChI=1S/C24H26N2O4S/c1-17-12-13-22(30-2)23(15-17)31(28,29)26-14-6-9-19(16-26)24(27)25-21-11-5-8-18-7-3-4-10-20(18)21/h3-5,7-8,10-13,15,19H,6,9,14,16H2,1-2H3,(H,25,27). The van der Waals surface area contributed by atoms with Crippen molar-refractivity contribution in [1.29, 1.82) is 0 Å². The molecule has 0 radical (unpaired) electrons. The third-order valence-corrected chi connectivity index (χ3v) is 7.63. The fourth-order valence-electron chi connectivity index (χ4n) is 4.07. The number of aryl methyl sites for hydroxylation is 1. The Labute approximate surface area is 182 Å². The van der Waals surface area contributed by atoms with E-state index in [9.17, 15) is 13.2 Å². The Hall–Kier alpha value is -2.90. The van der Waals surface area contributed by atoms with Crippen molar-refractivity contribution in [2.24, 2.45) is 5.92 Å². The summed E-state index contributed by atoms with van der Waals surface area (Å²) in [7, 11) is -2.31. The maximum atomic E-state index is 13.3. The number of ether oxygens (including phenoxy) is 1. The van der Waals surface area contributed by atoms with Crippen molar-refractivity contribution in [2.45, 2.75) is 24.7 Å². The second-order valence-corrected chi connectivity index (χ2v) is 9.78. The zero-order chi connectivity index (χ0) is 22.0. The van der Waals surface area contributed by atoms with E-state index < -0.39 is 15.9 Å². The minimum Gasteiger partial charge on any atom is -0.495 e. The molecule has 1 heterocycles. The molecule has 31 heavy (non-hydrogen) atoms. The minimum atomic E-state index is -3.77. The highest BCUT2D eigenvalue weighted by atomic mass is 32.2. The number of methoxy groups -OCH3 is 1. The van der Waals surface area contributed by atoms with E-state index in [0.717, 1.165) is 22.0 Å². The lowest BCUT2D eigenvalue weighted by atomic mass is 9.98. The van der Waals surface area contributed by atoms with Crippen LogP contribution in [0, 0.1) is 12.8 Å². The van der Waals surface area contributed by atoms with Crippen molar-refractivity contribution in [3.05, 3.63) is 66.2 Å². The van der Waals surface area contributed by atoms with Crippen LogP contribution in [-0.2, 0) is 14.8 Å². The Kier molecular flexibility index (Phi) is 5.98. The summed E-state index contributed by atoms with van der Waals surface area (Å²) in [5.74, 6) is -0.265. The van der Waals surface area contributed by atoms with E-state index >= 15 is 0 Å². The molecule has 1 N–H and O–H groups in total. The second kappa shape index (κ2) is 8.69. The Bertz CT molecular complexity index is 1220. The van der Waals surface area contributed by atoms with Crippen LogP contribution in [0.4, 0.5) is 5.69 Å². The van der Waals surface area contributed by atoms with E-state index in [4.69, 9.17) is 4.74 Å². The summed E-state index contributed by atoms with van der Waals surface area (Å²) in [6.45, 7) is 2.38. The van der Waals surface area contributed by atoms with Gasteiger partial charge < -0.3 is 10.1 Å². The monoisotopic (exact) mass is 438 g/mol. The topological polar surface area (TPSA) is 75.7 Å². The smallest absolute Gasteiger partial charge is 0.246 e. The number of benzene rings is 3. The van der Waals surface area contributed by atoms with E-state index in [2.05, 4.69) is 5.32 Å². The largest absolute Gasteiger partial charge is 0.495 e.